The Morgan fingerprint density at radius 3 is 2.56 bits per heavy atom. The summed E-state index contributed by atoms with van der Waals surface area (Å²) in [4.78, 5) is 0. The van der Waals surface area contributed by atoms with Crippen LogP contribution in [0.5, 0.6) is 0 Å². The van der Waals surface area contributed by atoms with Crippen molar-refractivity contribution in [2.24, 2.45) is 5.73 Å². The van der Waals surface area contributed by atoms with Crippen molar-refractivity contribution in [1.82, 2.24) is 0 Å². The summed E-state index contributed by atoms with van der Waals surface area (Å²) < 4.78 is 23.8. The molecule has 0 aromatic heterocycles. The molecule has 4 nitrogen and oxygen atoms in total. The highest BCUT2D eigenvalue weighted by atomic mass is 32.2. The second-order valence-corrected chi connectivity index (χ2v) is 2.39. The van der Waals surface area contributed by atoms with E-state index in [4.69, 9.17) is 5.73 Å². The smallest absolute Gasteiger partial charge is 0.257 e. The standard InChI is InChI=1S/C4H11NO3S/c1-2-4(5)3-8-9(6)7/h4,9H,2-3,5H2,1H3. The number of hydrogen-bond donors (Lipinski definition) is 2. The lowest BCUT2D eigenvalue weighted by atomic mass is 10.3. The van der Waals surface area contributed by atoms with Gasteiger partial charge in [-0.2, -0.15) is 0 Å². The molecule has 0 aliphatic heterocycles. The van der Waals surface area contributed by atoms with Crippen LogP contribution in [0.15, 0.2) is 0 Å². The van der Waals surface area contributed by atoms with Crippen molar-refractivity contribution in [2.75, 3.05) is 6.61 Å². The zero-order valence-electron chi connectivity index (χ0n) is 5.24. The van der Waals surface area contributed by atoms with Gasteiger partial charge < -0.3 is 5.73 Å². The van der Waals surface area contributed by atoms with E-state index in [9.17, 15) is 8.42 Å². The van der Waals surface area contributed by atoms with E-state index >= 15 is 0 Å². The van der Waals surface area contributed by atoms with Crippen molar-refractivity contribution in [3.8, 4) is 0 Å². The molecule has 0 heterocycles. The second kappa shape index (κ2) is 4.72. The van der Waals surface area contributed by atoms with Crippen LogP contribution in [0.2, 0.25) is 0 Å². The third kappa shape index (κ3) is 5.75. The van der Waals surface area contributed by atoms with E-state index in [1.165, 1.54) is 0 Å². The lowest BCUT2D eigenvalue weighted by Crippen LogP contribution is -2.24. The molecule has 9 heavy (non-hydrogen) atoms. The van der Waals surface area contributed by atoms with Gasteiger partial charge >= 0.3 is 0 Å². The molecule has 0 fully saturated rings. The van der Waals surface area contributed by atoms with Gasteiger partial charge in [0.15, 0.2) is 0 Å². The minimum absolute atomic E-state index is 0.0925. The van der Waals surface area contributed by atoms with Gasteiger partial charge in [-0.15, -0.1) is 0 Å². The van der Waals surface area contributed by atoms with E-state index < -0.39 is 11.0 Å². The molecule has 0 radical (unpaired) electrons. The van der Waals surface area contributed by atoms with Crippen LogP contribution in [0.1, 0.15) is 13.3 Å². The zero-order chi connectivity index (χ0) is 7.28. The number of rotatable bonds is 4. The molecule has 0 aliphatic rings. The predicted molar refractivity (Wildman–Crippen MR) is 34.5 cm³/mol. The van der Waals surface area contributed by atoms with Crippen molar-refractivity contribution in [3.63, 3.8) is 0 Å². The summed E-state index contributed by atoms with van der Waals surface area (Å²) in [6.45, 7) is 1.96. The zero-order valence-corrected chi connectivity index (χ0v) is 6.14. The molecule has 2 N–H and O–H groups in total. The van der Waals surface area contributed by atoms with E-state index in [1.54, 1.807) is 0 Å². The summed E-state index contributed by atoms with van der Waals surface area (Å²) >= 11 is 0. The van der Waals surface area contributed by atoms with Gasteiger partial charge in [-0.05, 0) is 6.42 Å². The summed E-state index contributed by atoms with van der Waals surface area (Å²) in [6, 6.07) is -0.169. The number of thiol groups is 1. The van der Waals surface area contributed by atoms with Crippen molar-refractivity contribution < 1.29 is 12.6 Å². The van der Waals surface area contributed by atoms with Crippen LogP contribution in [0.4, 0.5) is 0 Å². The van der Waals surface area contributed by atoms with Crippen LogP contribution in [-0.4, -0.2) is 21.1 Å². The Labute approximate surface area is 56.2 Å². The monoisotopic (exact) mass is 153 g/mol. The van der Waals surface area contributed by atoms with Crippen molar-refractivity contribution >= 4 is 11.0 Å². The SMILES string of the molecule is CCC(N)CO[SH](=O)=O. The van der Waals surface area contributed by atoms with Crippen LogP contribution in [0, 0.1) is 0 Å². The molecule has 56 valence electrons. The van der Waals surface area contributed by atoms with Crippen molar-refractivity contribution in [3.05, 3.63) is 0 Å². The van der Waals surface area contributed by atoms with Gasteiger partial charge in [-0.3, -0.25) is 4.18 Å². The Morgan fingerprint density at radius 1 is 1.67 bits per heavy atom. The minimum Gasteiger partial charge on any atom is -0.326 e. The predicted octanol–water partition coefficient (Wildman–Crippen LogP) is -0.733. The summed E-state index contributed by atoms with van der Waals surface area (Å²) in [5.41, 5.74) is 5.33. The maximum atomic E-state index is 9.78. The molecule has 0 amide bonds. The van der Waals surface area contributed by atoms with Crippen LogP contribution in [0.25, 0.3) is 0 Å². The van der Waals surface area contributed by atoms with E-state index in [0.717, 1.165) is 6.42 Å². The van der Waals surface area contributed by atoms with Gasteiger partial charge in [-0.25, -0.2) is 8.42 Å². The van der Waals surface area contributed by atoms with Crippen LogP contribution >= 0.6 is 0 Å². The molecule has 1 unspecified atom stereocenters. The summed E-state index contributed by atoms with van der Waals surface area (Å²) in [5, 5.41) is 0. The summed E-state index contributed by atoms with van der Waals surface area (Å²) in [7, 11) is -2.72. The van der Waals surface area contributed by atoms with Gasteiger partial charge in [-0.1, -0.05) is 6.92 Å². The largest absolute Gasteiger partial charge is 0.326 e. The van der Waals surface area contributed by atoms with Crippen LogP contribution < -0.4 is 5.73 Å². The highest BCUT2D eigenvalue weighted by Crippen LogP contribution is 1.86. The Bertz CT molecular complexity index is 126. The molecule has 0 aromatic carbocycles. The fourth-order valence-corrected chi connectivity index (χ4v) is 0.588. The van der Waals surface area contributed by atoms with E-state index in [1.807, 2.05) is 6.92 Å². The summed E-state index contributed by atoms with van der Waals surface area (Å²) in [6.07, 6.45) is 0.725. The fourth-order valence-electron chi connectivity index (χ4n) is 0.274. The molecule has 5 heteroatoms. The Morgan fingerprint density at radius 2 is 2.22 bits per heavy atom. The van der Waals surface area contributed by atoms with Crippen molar-refractivity contribution in [1.29, 1.82) is 0 Å². The summed E-state index contributed by atoms with van der Waals surface area (Å²) in [5.74, 6) is 0. The van der Waals surface area contributed by atoms with E-state index in [0.29, 0.717) is 0 Å². The average Bonchev–Trinajstić information content (AvgIpc) is 1.83. The molecule has 1 atom stereocenters. The normalized spacial score (nSPS) is 14.1. The number of hydrogen-bond acceptors (Lipinski definition) is 4. The molecule has 0 spiro atoms. The van der Waals surface area contributed by atoms with E-state index in [-0.39, 0.29) is 12.6 Å². The lowest BCUT2D eigenvalue weighted by Gasteiger charge is -2.03. The highest BCUT2D eigenvalue weighted by molar-refractivity contribution is 7.67. The Hall–Kier alpha value is -0.130. The van der Waals surface area contributed by atoms with Gasteiger partial charge in [0.05, 0.1) is 6.61 Å². The second-order valence-electron chi connectivity index (χ2n) is 1.69. The van der Waals surface area contributed by atoms with Gasteiger partial charge in [0, 0.05) is 6.04 Å². The lowest BCUT2D eigenvalue weighted by molar-refractivity contribution is 0.301. The first-order valence-corrected chi connectivity index (χ1v) is 3.79. The van der Waals surface area contributed by atoms with Gasteiger partial charge in [0.25, 0.3) is 11.0 Å². The fraction of sp³-hybridized carbons (Fsp3) is 1.00. The quantitative estimate of drug-likeness (QED) is 0.522. The minimum atomic E-state index is -2.72. The topological polar surface area (TPSA) is 69.4 Å². The van der Waals surface area contributed by atoms with Crippen molar-refractivity contribution in [2.45, 2.75) is 19.4 Å². The Kier molecular flexibility index (Phi) is 4.65. The van der Waals surface area contributed by atoms with E-state index in [2.05, 4.69) is 4.18 Å². The molecule has 0 saturated heterocycles. The first-order chi connectivity index (χ1) is 4.16. The Balaban J connectivity index is 3.27. The third-order valence-electron chi connectivity index (χ3n) is 0.918. The van der Waals surface area contributed by atoms with Crippen LogP contribution in [0.3, 0.4) is 0 Å². The van der Waals surface area contributed by atoms with Gasteiger partial charge in [0.2, 0.25) is 0 Å². The average molecular weight is 153 g/mol. The molecule has 0 aliphatic carbocycles. The van der Waals surface area contributed by atoms with Crippen LogP contribution in [-0.2, 0) is 15.2 Å². The molecule has 0 aromatic rings. The highest BCUT2D eigenvalue weighted by Gasteiger charge is 1.97. The molecule has 0 bridgehead atoms. The first kappa shape index (κ1) is 8.87. The maximum absolute atomic E-state index is 9.78. The number of nitrogens with two attached hydrogens (primary N) is 1. The first-order valence-electron chi connectivity index (χ1n) is 2.69. The third-order valence-corrected chi connectivity index (χ3v) is 1.28. The molecule has 0 saturated carbocycles. The molecular formula is C4H11NO3S. The maximum Gasteiger partial charge on any atom is 0.257 e. The molecular weight excluding hydrogens is 142 g/mol. The van der Waals surface area contributed by atoms with Gasteiger partial charge in [0.1, 0.15) is 0 Å². The molecule has 0 rings (SSSR count).